The number of hydrogen-bond donors (Lipinski definition) is 0. The topological polar surface area (TPSA) is 102 Å². The van der Waals surface area contributed by atoms with Crippen LogP contribution >= 0.6 is 11.3 Å². The molecule has 1 aromatic heterocycles. The zero-order valence-electron chi connectivity index (χ0n) is 22.3. The number of piperidine rings is 1. The number of thiazole rings is 1. The van der Waals surface area contributed by atoms with Gasteiger partial charge in [-0.3, -0.25) is 9.69 Å². The first-order chi connectivity index (χ1) is 18.2. The second-order valence-corrected chi connectivity index (χ2v) is 12.2. The minimum absolute atomic E-state index is 0.0506. The minimum atomic E-state index is -3.65. The summed E-state index contributed by atoms with van der Waals surface area (Å²) in [7, 11) is 4.98. The van der Waals surface area contributed by atoms with Crippen molar-refractivity contribution in [2.75, 3.05) is 66.5 Å². The summed E-state index contributed by atoms with van der Waals surface area (Å²) < 4.78 is 44.8. The number of amides is 1. The quantitative estimate of drug-likeness (QED) is 0.371. The maximum Gasteiger partial charge on any atom is 0.243 e. The molecule has 2 heterocycles. The number of carbonyl (C=O) groups excluding carboxylic acids is 1. The first-order valence-corrected chi connectivity index (χ1v) is 14.6. The fourth-order valence-corrected chi connectivity index (χ4v) is 7.03. The number of anilines is 1. The molecule has 0 spiro atoms. The number of hydrogen-bond acceptors (Lipinski definition) is 9. The van der Waals surface area contributed by atoms with Crippen molar-refractivity contribution in [3.05, 3.63) is 36.4 Å². The molecule has 38 heavy (non-hydrogen) atoms. The van der Waals surface area contributed by atoms with Crippen LogP contribution in [0.1, 0.15) is 12.8 Å². The van der Waals surface area contributed by atoms with E-state index >= 15 is 0 Å². The van der Waals surface area contributed by atoms with Crippen molar-refractivity contribution in [2.45, 2.75) is 17.7 Å². The molecule has 0 saturated carbocycles. The van der Waals surface area contributed by atoms with E-state index in [0.29, 0.717) is 53.8 Å². The van der Waals surface area contributed by atoms with E-state index < -0.39 is 10.0 Å². The number of ether oxygens (including phenoxy) is 3. The van der Waals surface area contributed by atoms with E-state index in [1.807, 2.05) is 25.1 Å². The van der Waals surface area contributed by atoms with Gasteiger partial charge in [-0.25, -0.2) is 13.4 Å². The van der Waals surface area contributed by atoms with Crippen LogP contribution in [-0.4, -0.2) is 90.1 Å². The van der Waals surface area contributed by atoms with Crippen LogP contribution in [0.4, 0.5) is 5.13 Å². The standard InChI is InChI=1S/C26H34N4O6S2/c1-28(2)16-17-30(26-27-23-21(35-4)10-11-22(36-5)24(23)37-26)25(31)18-12-14-29(15-13-18)38(32,33)20-8-6-19(34-3)7-9-20/h6-11,18H,12-17H2,1-5H3. The van der Waals surface area contributed by atoms with Gasteiger partial charge < -0.3 is 19.1 Å². The van der Waals surface area contributed by atoms with Gasteiger partial charge in [-0.15, -0.1) is 0 Å². The molecule has 0 radical (unpaired) electrons. The summed E-state index contributed by atoms with van der Waals surface area (Å²) in [5.74, 6) is 1.51. The Morgan fingerprint density at radius 3 is 2.18 bits per heavy atom. The second kappa shape index (κ2) is 11.9. The number of nitrogens with zero attached hydrogens (tertiary/aromatic N) is 4. The van der Waals surface area contributed by atoms with Crippen LogP contribution in [-0.2, 0) is 14.8 Å². The van der Waals surface area contributed by atoms with E-state index in [1.54, 1.807) is 49.5 Å². The first-order valence-electron chi connectivity index (χ1n) is 12.3. The van der Waals surface area contributed by atoms with Crippen LogP contribution in [0.15, 0.2) is 41.3 Å². The maximum atomic E-state index is 13.8. The van der Waals surface area contributed by atoms with E-state index in [-0.39, 0.29) is 29.8 Å². The van der Waals surface area contributed by atoms with Gasteiger partial charge in [0.15, 0.2) is 5.13 Å². The highest BCUT2D eigenvalue weighted by Gasteiger charge is 2.35. The Morgan fingerprint density at radius 1 is 0.974 bits per heavy atom. The van der Waals surface area contributed by atoms with Crippen molar-refractivity contribution in [2.24, 2.45) is 5.92 Å². The van der Waals surface area contributed by atoms with Gasteiger partial charge in [0.2, 0.25) is 15.9 Å². The zero-order valence-corrected chi connectivity index (χ0v) is 24.0. The number of aromatic nitrogens is 1. The smallest absolute Gasteiger partial charge is 0.243 e. The van der Waals surface area contributed by atoms with Gasteiger partial charge in [0, 0.05) is 32.1 Å². The Bertz CT molecular complexity index is 1330. The van der Waals surface area contributed by atoms with E-state index in [1.165, 1.54) is 22.8 Å². The van der Waals surface area contributed by atoms with Crippen LogP contribution in [0, 0.1) is 5.92 Å². The molecule has 1 saturated heterocycles. The summed E-state index contributed by atoms with van der Waals surface area (Å²) in [4.78, 5) is 22.6. The predicted octanol–water partition coefficient (Wildman–Crippen LogP) is 3.32. The molecule has 3 aromatic rings. The van der Waals surface area contributed by atoms with Gasteiger partial charge in [0.1, 0.15) is 27.5 Å². The van der Waals surface area contributed by atoms with Crippen LogP contribution in [0.5, 0.6) is 17.2 Å². The molecule has 206 valence electrons. The third kappa shape index (κ3) is 5.73. The van der Waals surface area contributed by atoms with Crippen molar-refractivity contribution < 1.29 is 27.4 Å². The molecule has 1 aliphatic rings. The monoisotopic (exact) mass is 562 g/mol. The van der Waals surface area contributed by atoms with Crippen LogP contribution < -0.4 is 19.1 Å². The lowest BCUT2D eigenvalue weighted by molar-refractivity contribution is -0.123. The maximum absolute atomic E-state index is 13.8. The first kappa shape index (κ1) is 28.1. The van der Waals surface area contributed by atoms with E-state index in [0.717, 1.165) is 4.70 Å². The third-order valence-corrected chi connectivity index (χ3v) is 9.67. The number of likely N-dealkylation sites (N-methyl/N-ethyl adjacent to an activating group) is 1. The summed E-state index contributed by atoms with van der Waals surface area (Å²) >= 11 is 1.39. The number of benzene rings is 2. The summed E-state index contributed by atoms with van der Waals surface area (Å²) in [5, 5.41) is 0.572. The molecular formula is C26H34N4O6S2. The molecule has 0 N–H and O–H groups in total. The van der Waals surface area contributed by atoms with Gasteiger partial charge in [-0.2, -0.15) is 4.31 Å². The summed E-state index contributed by atoms with van der Waals surface area (Å²) in [5.41, 5.74) is 0.648. The normalized spacial score (nSPS) is 15.1. The molecule has 0 aliphatic carbocycles. The second-order valence-electron chi connectivity index (χ2n) is 9.29. The van der Waals surface area contributed by atoms with Crippen LogP contribution in [0.2, 0.25) is 0 Å². The van der Waals surface area contributed by atoms with E-state index in [4.69, 9.17) is 19.2 Å². The van der Waals surface area contributed by atoms with E-state index in [2.05, 4.69) is 0 Å². The largest absolute Gasteiger partial charge is 0.497 e. The summed E-state index contributed by atoms with van der Waals surface area (Å²) in [6.07, 6.45) is 0.869. The Balaban J connectivity index is 1.55. The van der Waals surface area contributed by atoms with Gasteiger partial charge in [0.05, 0.1) is 26.2 Å². The molecule has 0 bridgehead atoms. The SMILES string of the molecule is COc1ccc(S(=O)(=O)N2CCC(C(=O)N(CCN(C)C)c3nc4c(OC)ccc(OC)c4s3)CC2)cc1. The number of sulfonamides is 1. The molecule has 1 fully saturated rings. The van der Waals surface area contributed by atoms with Gasteiger partial charge in [-0.05, 0) is 63.3 Å². The molecule has 10 nitrogen and oxygen atoms in total. The molecule has 0 atom stereocenters. The van der Waals surface area contributed by atoms with Crippen molar-refractivity contribution >= 4 is 42.6 Å². The molecule has 1 aliphatic heterocycles. The predicted molar refractivity (Wildman–Crippen MR) is 148 cm³/mol. The summed E-state index contributed by atoms with van der Waals surface area (Å²) in [6, 6.07) is 9.99. The summed E-state index contributed by atoms with van der Waals surface area (Å²) in [6.45, 7) is 1.66. The zero-order chi connectivity index (χ0) is 27.4. The lowest BCUT2D eigenvalue weighted by Crippen LogP contribution is -2.46. The lowest BCUT2D eigenvalue weighted by atomic mass is 9.96. The number of methoxy groups -OCH3 is 3. The molecule has 4 rings (SSSR count). The van der Waals surface area contributed by atoms with Crippen molar-refractivity contribution in [1.29, 1.82) is 0 Å². The third-order valence-electron chi connectivity index (χ3n) is 6.67. The Kier molecular flexibility index (Phi) is 8.76. The Morgan fingerprint density at radius 2 is 1.61 bits per heavy atom. The van der Waals surface area contributed by atoms with Crippen molar-refractivity contribution in [3.63, 3.8) is 0 Å². The van der Waals surface area contributed by atoms with Crippen molar-refractivity contribution in [1.82, 2.24) is 14.2 Å². The molecule has 2 aromatic carbocycles. The fraction of sp³-hybridized carbons (Fsp3) is 0.462. The Hall–Kier alpha value is -2.93. The van der Waals surface area contributed by atoms with Crippen molar-refractivity contribution in [3.8, 4) is 17.2 Å². The fourth-order valence-electron chi connectivity index (χ4n) is 4.45. The average Bonchev–Trinajstić information content (AvgIpc) is 3.37. The van der Waals surface area contributed by atoms with Gasteiger partial charge in [-0.1, -0.05) is 11.3 Å². The number of carbonyl (C=O) groups is 1. The van der Waals surface area contributed by atoms with Crippen LogP contribution in [0.3, 0.4) is 0 Å². The Labute approximate surface area is 227 Å². The highest BCUT2D eigenvalue weighted by Crippen LogP contribution is 2.40. The highest BCUT2D eigenvalue weighted by molar-refractivity contribution is 7.89. The highest BCUT2D eigenvalue weighted by atomic mass is 32.2. The lowest BCUT2D eigenvalue weighted by Gasteiger charge is -2.33. The molecule has 0 unspecified atom stereocenters. The minimum Gasteiger partial charge on any atom is -0.497 e. The number of fused-ring (bicyclic) bond motifs is 1. The number of rotatable bonds is 10. The van der Waals surface area contributed by atoms with Crippen LogP contribution in [0.25, 0.3) is 10.2 Å². The van der Waals surface area contributed by atoms with E-state index in [9.17, 15) is 13.2 Å². The van der Waals surface area contributed by atoms with Gasteiger partial charge in [0.25, 0.3) is 0 Å². The average molecular weight is 563 g/mol. The molecule has 1 amide bonds. The molecular weight excluding hydrogens is 528 g/mol. The molecule has 12 heteroatoms. The van der Waals surface area contributed by atoms with Gasteiger partial charge >= 0.3 is 0 Å².